The molecule has 0 unspecified atom stereocenters. The molecule has 0 radical (unpaired) electrons. The first-order chi connectivity index (χ1) is 16.1. The van der Waals surface area contributed by atoms with Crippen LogP contribution in [0.3, 0.4) is 0 Å². The van der Waals surface area contributed by atoms with Crippen LogP contribution in [0, 0.1) is 11.3 Å². The van der Waals surface area contributed by atoms with E-state index < -0.39 is 5.63 Å². The number of hydrogen-bond acceptors (Lipinski definition) is 8. The van der Waals surface area contributed by atoms with Crippen LogP contribution >= 0.6 is 11.3 Å². The second kappa shape index (κ2) is 8.45. The Kier molecular flexibility index (Phi) is 5.32. The molecule has 5 aromatic rings. The average molecular weight is 454 g/mol. The van der Waals surface area contributed by atoms with E-state index in [4.69, 9.17) is 4.42 Å². The predicted molar refractivity (Wildman–Crippen MR) is 132 cm³/mol. The minimum atomic E-state index is -0.560. The molecule has 0 amide bonds. The molecular weight excluding hydrogens is 434 g/mol. The van der Waals surface area contributed by atoms with Crippen molar-refractivity contribution in [3.63, 3.8) is 0 Å². The molecule has 33 heavy (non-hydrogen) atoms. The fourth-order valence-corrected chi connectivity index (χ4v) is 4.62. The Morgan fingerprint density at radius 2 is 1.82 bits per heavy atom. The van der Waals surface area contributed by atoms with Crippen molar-refractivity contribution in [2.75, 3.05) is 18.0 Å². The van der Waals surface area contributed by atoms with Crippen molar-refractivity contribution >= 4 is 61.7 Å². The highest BCUT2D eigenvalue weighted by Crippen LogP contribution is 2.27. The van der Waals surface area contributed by atoms with Crippen LogP contribution in [0.25, 0.3) is 44.6 Å². The average Bonchev–Trinajstić information content (AvgIpc) is 3.23. The molecule has 0 saturated heterocycles. The molecule has 3 heterocycles. The molecule has 7 nitrogen and oxygen atoms in total. The number of fused-ring (bicyclic) bond motifs is 3. The van der Waals surface area contributed by atoms with Gasteiger partial charge < -0.3 is 9.32 Å². The van der Waals surface area contributed by atoms with Gasteiger partial charge in [-0.15, -0.1) is 0 Å². The number of anilines is 1. The van der Waals surface area contributed by atoms with Crippen LogP contribution in [0.15, 0.2) is 51.7 Å². The Balaban J connectivity index is 1.57. The minimum Gasteiger partial charge on any atom is -0.422 e. The number of para-hydroxylation sites is 2. The van der Waals surface area contributed by atoms with Crippen LogP contribution in [0.4, 0.5) is 5.69 Å². The minimum absolute atomic E-state index is 0.200. The van der Waals surface area contributed by atoms with Crippen molar-refractivity contribution in [1.29, 1.82) is 5.26 Å². The highest BCUT2D eigenvalue weighted by atomic mass is 32.1. The molecule has 0 aliphatic rings. The van der Waals surface area contributed by atoms with Gasteiger partial charge in [0.1, 0.15) is 16.7 Å². The molecule has 162 valence electrons. The summed E-state index contributed by atoms with van der Waals surface area (Å²) < 4.78 is 5.59. The topological polar surface area (TPSA) is 95.9 Å². The summed E-state index contributed by atoms with van der Waals surface area (Å²) in [5.41, 5.74) is 3.40. The zero-order chi connectivity index (χ0) is 22.9. The van der Waals surface area contributed by atoms with Gasteiger partial charge in [-0.2, -0.15) is 5.26 Å². The summed E-state index contributed by atoms with van der Waals surface area (Å²) in [4.78, 5) is 29.3. The number of thiazole rings is 1. The molecule has 0 atom stereocenters. The summed E-state index contributed by atoms with van der Waals surface area (Å²) in [5, 5.41) is 11.1. The lowest BCUT2D eigenvalue weighted by molar-refractivity contribution is 0.558. The quantitative estimate of drug-likeness (QED) is 0.336. The van der Waals surface area contributed by atoms with Crippen LogP contribution in [0.1, 0.15) is 30.0 Å². The number of nitriles is 1. The molecule has 0 aliphatic heterocycles. The van der Waals surface area contributed by atoms with Gasteiger partial charge >= 0.3 is 5.63 Å². The Labute approximate surface area is 193 Å². The molecule has 0 aliphatic carbocycles. The Bertz CT molecular complexity index is 1590. The lowest BCUT2D eigenvalue weighted by Crippen LogP contribution is -2.21. The lowest BCUT2D eigenvalue weighted by atomic mass is 10.0. The van der Waals surface area contributed by atoms with Crippen LogP contribution in [-0.2, 0) is 0 Å². The van der Waals surface area contributed by atoms with Crippen molar-refractivity contribution in [2.24, 2.45) is 0 Å². The third-order valence-electron chi connectivity index (χ3n) is 5.50. The molecule has 0 spiro atoms. The van der Waals surface area contributed by atoms with E-state index in [0.29, 0.717) is 26.5 Å². The molecule has 2 aromatic carbocycles. The first kappa shape index (κ1) is 20.8. The zero-order valence-corrected chi connectivity index (χ0v) is 18.9. The molecule has 8 heteroatoms. The number of hydrogen-bond donors (Lipinski definition) is 0. The van der Waals surface area contributed by atoms with Gasteiger partial charge in [0.25, 0.3) is 0 Å². The number of benzene rings is 2. The standard InChI is InChI=1S/C25H19N5O2S/c1-3-30(4-2)15-9-10-16-18(14-26)17(25(31)32-21(16)13-15)11-12-22-29-23-24(33-22)28-20-8-6-5-7-19(20)27-23/h5-13H,3-4H2,1-2H3/b12-11+. The summed E-state index contributed by atoms with van der Waals surface area (Å²) in [5.74, 6) is 0. The highest BCUT2D eigenvalue weighted by Gasteiger charge is 2.15. The normalized spacial score (nSPS) is 11.5. The smallest absolute Gasteiger partial charge is 0.344 e. The van der Waals surface area contributed by atoms with Gasteiger partial charge in [0.15, 0.2) is 10.5 Å². The van der Waals surface area contributed by atoms with E-state index in [9.17, 15) is 10.1 Å². The molecular formula is C25H19N5O2S. The van der Waals surface area contributed by atoms with Crippen molar-refractivity contribution in [2.45, 2.75) is 13.8 Å². The van der Waals surface area contributed by atoms with Gasteiger partial charge in [0.05, 0.1) is 22.2 Å². The first-order valence-electron chi connectivity index (χ1n) is 10.6. The number of nitrogens with zero attached hydrogens (tertiary/aromatic N) is 5. The summed E-state index contributed by atoms with van der Waals surface area (Å²) in [6.45, 7) is 5.79. The van der Waals surface area contributed by atoms with Crippen molar-refractivity contribution in [1.82, 2.24) is 15.0 Å². The van der Waals surface area contributed by atoms with Gasteiger partial charge in [-0.1, -0.05) is 23.5 Å². The van der Waals surface area contributed by atoms with Gasteiger partial charge in [-0.3, -0.25) is 0 Å². The SMILES string of the molecule is CCN(CC)c1ccc2c(C#N)c(/C=C/c3nc4nc5ccccc5nc4s3)c(=O)oc2c1. The zero-order valence-electron chi connectivity index (χ0n) is 18.1. The van der Waals surface area contributed by atoms with Crippen LogP contribution in [0.5, 0.6) is 0 Å². The second-order valence-corrected chi connectivity index (χ2v) is 8.38. The largest absolute Gasteiger partial charge is 0.422 e. The lowest BCUT2D eigenvalue weighted by Gasteiger charge is -2.21. The van der Waals surface area contributed by atoms with E-state index >= 15 is 0 Å². The summed E-state index contributed by atoms with van der Waals surface area (Å²) in [6, 6.07) is 15.4. The molecule has 3 aromatic heterocycles. The van der Waals surface area contributed by atoms with E-state index in [2.05, 4.69) is 39.8 Å². The van der Waals surface area contributed by atoms with Crippen LogP contribution in [0.2, 0.25) is 0 Å². The molecule has 0 fully saturated rings. The van der Waals surface area contributed by atoms with Crippen molar-refractivity contribution in [3.8, 4) is 6.07 Å². The van der Waals surface area contributed by atoms with E-state index in [-0.39, 0.29) is 11.1 Å². The van der Waals surface area contributed by atoms with Crippen molar-refractivity contribution < 1.29 is 4.42 Å². The number of rotatable bonds is 5. The highest BCUT2D eigenvalue weighted by molar-refractivity contribution is 7.18. The fraction of sp³-hybridized carbons (Fsp3) is 0.160. The van der Waals surface area contributed by atoms with Gasteiger partial charge in [0, 0.05) is 30.2 Å². The van der Waals surface area contributed by atoms with E-state index in [1.165, 1.54) is 11.3 Å². The van der Waals surface area contributed by atoms with Crippen LogP contribution in [-0.4, -0.2) is 28.0 Å². The second-order valence-electron chi connectivity index (χ2n) is 7.37. The molecule has 5 rings (SSSR count). The Hall–Kier alpha value is -4.09. The summed E-state index contributed by atoms with van der Waals surface area (Å²) in [7, 11) is 0. The third kappa shape index (κ3) is 3.73. The van der Waals surface area contributed by atoms with Gasteiger partial charge in [0.2, 0.25) is 0 Å². The molecule has 0 N–H and O–H groups in total. The van der Waals surface area contributed by atoms with E-state index in [1.54, 1.807) is 12.2 Å². The maximum Gasteiger partial charge on any atom is 0.344 e. The third-order valence-corrected chi connectivity index (χ3v) is 6.40. The predicted octanol–water partition coefficient (Wildman–Crippen LogP) is 5.23. The Morgan fingerprint density at radius 3 is 2.55 bits per heavy atom. The molecule has 0 bridgehead atoms. The van der Waals surface area contributed by atoms with Gasteiger partial charge in [-0.25, -0.2) is 19.7 Å². The summed E-state index contributed by atoms with van der Waals surface area (Å²) in [6.07, 6.45) is 3.28. The maximum absolute atomic E-state index is 12.8. The maximum atomic E-state index is 12.8. The van der Waals surface area contributed by atoms with E-state index in [1.807, 2.05) is 42.5 Å². The van der Waals surface area contributed by atoms with Crippen LogP contribution < -0.4 is 10.5 Å². The van der Waals surface area contributed by atoms with Crippen molar-refractivity contribution in [3.05, 3.63) is 69.0 Å². The Morgan fingerprint density at radius 1 is 1.06 bits per heavy atom. The molecule has 0 saturated carbocycles. The first-order valence-corrected chi connectivity index (χ1v) is 11.4. The number of aromatic nitrogens is 3. The van der Waals surface area contributed by atoms with E-state index in [0.717, 1.165) is 29.8 Å². The van der Waals surface area contributed by atoms with Gasteiger partial charge in [-0.05, 0) is 50.3 Å². The fourth-order valence-electron chi connectivity index (χ4n) is 3.83. The monoisotopic (exact) mass is 453 g/mol. The summed E-state index contributed by atoms with van der Waals surface area (Å²) >= 11 is 1.37.